The number of nitrogens with two attached hydrogens (primary N) is 3. The van der Waals surface area contributed by atoms with Crippen LogP contribution in [0.2, 0.25) is 0 Å². The van der Waals surface area contributed by atoms with E-state index in [0.29, 0.717) is 0 Å². The first-order chi connectivity index (χ1) is 6.77. The number of nitrogens with zero attached hydrogens (tertiary/aromatic N) is 4. The Hall–Kier alpha value is -2.83. The van der Waals surface area contributed by atoms with Crippen LogP contribution < -0.4 is 26.7 Å². The normalized spacial score (nSPS) is 8.25. The Morgan fingerprint density at radius 1 is 1.25 bits per heavy atom. The average Bonchev–Trinajstić information content (AvgIpc) is 2.11. The summed E-state index contributed by atoms with van der Waals surface area (Å²) in [7, 11) is 0. The minimum Gasteiger partial charge on any atom is -0.723 e. The van der Waals surface area contributed by atoms with Crippen molar-refractivity contribution in [3.63, 3.8) is 0 Å². The molecule has 16 heavy (non-hydrogen) atoms. The Morgan fingerprint density at radius 3 is 2.00 bits per heavy atom. The maximum Gasteiger partial charge on any atom is 0.475 e. The smallest absolute Gasteiger partial charge is 0.475 e. The van der Waals surface area contributed by atoms with Crippen molar-refractivity contribution in [3.05, 3.63) is 20.5 Å². The summed E-state index contributed by atoms with van der Waals surface area (Å²) in [5, 5.41) is 34.3. The van der Waals surface area contributed by atoms with Gasteiger partial charge in [0, 0.05) is 9.71 Å². The van der Waals surface area contributed by atoms with Crippen molar-refractivity contribution in [1.29, 1.82) is 0 Å². The molecule has 92 valence electrons. The molecule has 0 aliphatic rings. The van der Waals surface area contributed by atoms with Gasteiger partial charge in [0.05, 0.1) is 5.09 Å². The quantitative estimate of drug-likeness (QED) is 0.113. The highest BCUT2D eigenvalue weighted by molar-refractivity contribution is 5.18. The van der Waals surface area contributed by atoms with E-state index in [2.05, 4.69) is 4.98 Å². The molecule has 1 aromatic heterocycles. The molecule has 1 aromatic rings. The van der Waals surface area contributed by atoms with Gasteiger partial charge in [-0.05, 0) is 0 Å². The van der Waals surface area contributed by atoms with Gasteiger partial charge >= 0.3 is 17.8 Å². The molecule has 0 unspecified atom stereocenters. The fourth-order valence-electron chi connectivity index (χ4n) is 0.531. The van der Waals surface area contributed by atoms with Gasteiger partial charge in [-0.15, -0.1) is 0 Å². The number of nitrogen functional groups attached to an aromatic ring is 3. The van der Waals surface area contributed by atoms with E-state index in [-0.39, 0.29) is 20.9 Å². The largest absolute Gasteiger partial charge is 0.723 e. The summed E-state index contributed by atoms with van der Waals surface area (Å²) < 4.78 is 0.291. The van der Waals surface area contributed by atoms with Crippen LogP contribution in [-0.4, -0.2) is 20.8 Å². The van der Waals surface area contributed by atoms with Crippen LogP contribution in [0.5, 0.6) is 0 Å². The third-order valence-corrected chi connectivity index (χ3v) is 1.08. The molecule has 0 radical (unpaired) electrons. The van der Waals surface area contributed by atoms with Gasteiger partial charge in [0.25, 0.3) is 0 Å². The summed E-state index contributed by atoms with van der Waals surface area (Å²) >= 11 is 0. The predicted octanol–water partition coefficient (Wildman–Crippen LogP) is -4.08. The lowest BCUT2D eigenvalue weighted by Gasteiger charge is -2.03. The maximum atomic E-state index is 10.7. The molecule has 0 aromatic carbocycles. The first-order valence-corrected chi connectivity index (χ1v) is 3.14. The highest BCUT2D eigenvalue weighted by Gasteiger charge is 2.20. The molecule has 0 saturated heterocycles. The monoisotopic (exact) mass is 239 g/mol. The molecule has 1 rings (SSSR count). The third-order valence-electron chi connectivity index (χ3n) is 1.08. The van der Waals surface area contributed by atoms with Crippen LogP contribution in [0.25, 0.3) is 0 Å². The number of rotatable bonds is 0. The molecule has 0 atom stereocenters. The first-order valence-electron chi connectivity index (χ1n) is 3.14. The SMILES string of the molecule is Nc1nc(N)[n+](O)c(N)[n+]1[O-].O.O=[N+]([O-])[O-]. The van der Waals surface area contributed by atoms with Crippen molar-refractivity contribution in [2.24, 2.45) is 0 Å². The summed E-state index contributed by atoms with van der Waals surface area (Å²) in [6, 6.07) is 0. The van der Waals surface area contributed by atoms with Gasteiger partial charge in [0.2, 0.25) is 0 Å². The van der Waals surface area contributed by atoms with Crippen molar-refractivity contribution in [3.8, 4) is 0 Å². The summed E-state index contributed by atoms with van der Waals surface area (Å²) in [5.41, 5.74) is 15.2. The molecule has 0 amide bonds. The van der Waals surface area contributed by atoms with Gasteiger partial charge in [0.15, 0.2) is 0 Å². The predicted molar refractivity (Wildman–Crippen MR) is 47.8 cm³/mol. The molecule has 0 saturated carbocycles. The summed E-state index contributed by atoms with van der Waals surface area (Å²) in [6.45, 7) is 0. The minimum atomic E-state index is -1.75. The molecule has 0 bridgehead atoms. The summed E-state index contributed by atoms with van der Waals surface area (Å²) in [4.78, 5) is 11.5. The van der Waals surface area contributed by atoms with Gasteiger partial charge in [-0.25, -0.2) is 0 Å². The molecule has 0 fully saturated rings. The molecule has 13 heteroatoms. The fourth-order valence-corrected chi connectivity index (χ4v) is 0.531. The van der Waals surface area contributed by atoms with Crippen molar-refractivity contribution in [2.45, 2.75) is 0 Å². The average molecular weight is 239 g/mol. The topological polar surface area (TPSA) is 240 Å². The zero-order valence-corrected chi connectivity index (χ0v) is 7.60. The summed E-state index contributed by atoms with van der Waals surface area (Å²) in [6.07, 6.45) is 0. The van der Waals surface area contributed by atoms with Crippen molar-refractivity contribution >= 4 is 17.8 Å². The minimum absolute atomic E-state index is 0. The van der Waals surface area contributed by atoms with Crippen LogP contribution in [0.4, 0.5) is 17.8 Å². The second-order valence-electron chi connectivity index (χ2n) is 2.02. The van der Waals surface area contributed by atoms with Crippen LogP contribution in [0, 0.1) is 20.5 Å². The number of hydrogen-bond acceptors (Lipinski definition) is 9. The van der Waals surface area contributed by atoms with Gasteiger partial charge in [0.1, 0.15) is 0 Å². The third kappa shape index (κ3) is 3.92. The van der Waals surface area contributed by atoms with E-state index in [1.807, 2.05) is 0 Å². The van der Waals surface area contributed by atoms with Gasteiger partial charge in [-0.2, -0.15) is 4.73 Å². The Labute approximate surface area is 86.9 Å². The lowest BCUT2D eigenvalue weighted by atomic mass is 10.8. The second kappa shape index (κ2) is 5.81. The van der Waals surface area contributed by atoms with E-state index in [1.54, 1.807) is 0 Å². The van der Waals surface area contributed by atoms with Crippen LogP contribution in [0.1, 0.15) is 0 Å². The Bertz CT molecular complexity index is 351. The first kappa shape index (κ1) is 15.6. The molecular formula is C3H9N7O6. The molecule has 9 N–H and O–H groups in total. The molecule has 13 nitrogen and oxygen atoms in total. The Balaban J connectivity index is 0. The van der Waals surface area contributed by atoms with Crippen molar-refractivity contribution in [1.82, 2.24) is 4.98 Å². The van der Waals surface area contributed by atoms with Crippen molar-refractivity contribution in [2.75, 3.05) is 17.2 Å². The highest BCUT2D eigenvalue weighted by Crippen LogP contribution is 1.91. The lowest BCUT2D eigenvalue weighted by Crippen LogP contribution is -2.51. The Morgan fingerprint density at radius 2 is 1.62 bits per heavy atom. The number of anilines is 3. The fraction of sp³-hybridized carbons (Fsp3) is 0. The zero-order valence-electron chi connectivity index (χ0n) is 7.60. The standard InChI is InChI=1S/C3H6N6O2.NO3.H2O/c4-1-7-2(5)9(11)3(6)8(1)10;2-1(3)4;/h10H,(H5,4,5,6,7);;1H2/q;-1;/p+1. The second-order valence-corrected chi connectivity index (χ2v) is 2.02. The van der Waals surface area contributed by atoms with Crippen LogP contribution >= 0.6 is 0 Å². The Kier molecular flexibility index (Phi) is 5.67. The van der Waals surface area contributed by atoms with Gasteiger partial charge in [-0.3, -0.25) is 11.5 Å². The van der Waals surface area contributed by atoms with E-state index in [1.165, 1.54) is 0 Å². The molecule has 0 spiro atoms. The number of hydrogen-bond donors (Lipinski definition) is 4. The van der Waals surface area contributed by atoms with E-state index in [0.717, 1.165) is 0 Å². The number of aromatic nitrogens is 3. The van der Waals surface area contributed by atoms with E-state index >= 15 is 0 Å². The molecule has 0 aliphatic carbocycles. The molecular weight excluding hydrogens is 230 g/mol. The lowest BCUT2D eigenvalue weighted by molar-refractivity contribution is -0.918. The van der Waals surface area contributed by atoms with Gasteiger partial charge < -0.3 is 36.9 Å². The van der Waals surface area contributed by atoms with E-state index < -0.39 is 17.0 Å². The van der Waals surface area contributed by atoms with Crippen LogP contribution in [-0.2, 0) is 0 Å². The van der Waals surface area contributed by atoms with E-state index in [4.69, 9.17) is 37.7 Å². The van der Waals surface area contributed by atoms with Crippen LogP contribution in [0.3, 0.4) is 0 Å². The highest BCUT2D eigenvalue weighted by atomic mass is 16.9. The molecule has 1 heterocycles. The summed E-state index contributed by atoms with van der Waals surface area (Å²) in [5.74, 6) is -1.28. The van der Waals surface area contributed by atoms with Gasteiger partial charge in [-0.1, -0.05) is 0 Å². The zero-order chi connectivity index (χ0) is 12.2. The van der Waals surface area contributed by atoms with Crippen LogP contribution in [0.15, 0.2) is 0 Å². The van der Waals surface area contributed by atoms with E-state index in [9.17, 15) is 5.21 Å². The molecule has 0 aliphatic heterocycles. The maximum absolute atomic E-state index is 10.7. The van der Waals surface area contributed by atoms with Crippen molar-refractivity contribution < 1.29 is 25.2 Å².